The lowest BCUT2D eigenvalue weighted by molar-refractivity contribution is -0.141. The van der Waals surface area contributed by atoms with E-state index in [1.54, 1.807) is 21.6 Å². The van der Waals surface area contributed by atoms with E-state index in [4.69, 9.17) is 4.74 Å². The molecule has 3 aliphatic rings. The molecule has 0 bridgehead atoms. The third kappa shape index (κ3) is 2.85. The molecule has 1 saturated carbocycles. The Balaban J connectivity index is 1.80. The number of carboxylic acid groups (broad SMARTS) is 1. The van der Waals surface area contributed by atoms with Crippen LogP contribution in [-0.4, -0.2) is 69.4 Å². The number of hydrogen-bond acceptors (Lipinski definition) is 4. The van der Waals surface area contributed by atoms with Gasteiger partial charge < -0.3 is 14.7 Å². The van der Waals surface area contributed by atoms with E-state index < -0.39 is 12.0 Å². The molecule has 0 aromatic carbocycles. The predicted molar refractivity (Wildman–Crippen MR) is 79.2 cm³/mol. The average molecular weight is 314 g/mol. The quantitative estimate of drug-likeness (QED) is 0.835. The van der Waals surface area contributed by atoms with Crippen molar-refractivity contribution in [3.05, 3.63) is 0 Å². The van der Waals surface area contributed by atoms with Crippen molar-refractivity contribution < 1.29 is 19.4 Å². The van der Waals surface area contributed by atoms with Gasteiger partial charge in [-0.1, -0.05) is 0 Å². The Bertz CT molecular complexity index is 443. The summed E-state index contributed by atoms with van der Waals surface area (Å²) in [5.74, 6) is 0.0706. The molecule has 7 heteroatoms. The van der Waals surface area contributed by atoms with Crippen molar-refractivity contribution in [2.75, 3.05) is 18.9 Å². The van der Waals surface area contributed by atoms with Crippen LogP contribution in [-0.2, 0) is 9.53 Å². The van der Waals surface area contributed by atoms with E-state index in [0.717, 1.165) is 12.8 Å². The first-order valence-electron chi connectivity index (χ1n) is 7.54. The molecule has 3 fully saturated rings. The number of aliphatic carboxylic acids is 1. The Hall–Kier alpha value is -0.950. The lowest BCUT2D eigenvalue weighted by Crippen LogP contribution is -2.58. The second-order valence-electron chi connectivity index (χ2n) is 6.25. The maximum Gasteiger partial charge on any atom is 0.327 e. The average Bonchev–Trinajstić information content (AvgIpc) is 3.19. The minimum atomic E-state index is -0.895. The highest BCUT2D eigenvalue weighted by atomic mass is 32.2. The molecule has 4 unspecified atom stereocenters. The monoisotopic (exact) mass is 314 g/mol. The summed E-state index contributed by atoms with van der Waals surface area (Å²) in [6.45, 7) is 4.94. The smallest absolute Gasteiger partial charge is 0.327 e. The van der Waals surface area contributed by atoms with Gasteiger partial charge in [-0.15, -0.1) is 11.8 Å². The van der Waals surface area contributed by atoms with Gasteiger partial charge in [-0.25, -0.2) is 9.59 Å². The summed E-state index contributed by atoms with van der Waals surface area (Å²) in [6, 6.07) is -0.834. The zero-order valence-corrected chi connectivity index (χ0v) is 13.2. The first kappa shape index (κ1) is 15.0. The van der Waals surface area contributed by atoms with Gasteiger partial charge in [0.1, 0.15) is 6.04 Å². The number of morpholine rings is 1. The van der Waals surface area contributed by atoms with Crippen LogP contribution in [0.25, 0.3) is 0 Å². The van der Waals surface area contributed by atoms with Crippen molar-refractivity contribution in [3.8, 4) is 0 Å². The van der Waals surface area contributed by atoms with Gasteiger partial charge >= 0.3 is 12.0 Å². The van der Waals surface area contributed by atoms with Crippen molar-refractivity contribution in [2.24, 2.45) is 5.92 Å². The lowest BCUT2D eigenvalue weighted by Gasteiger charge is -2.41. The molecule has 2 heterocycles. The molecule has 0 aromatic heterocycles. The number of carbonyl (C=O) groups excluding carboxylic acids is 1. The Kier molecular flexibility index (Phi) is 4.05. The second-order valence-corrected chi connectivity index (χ2v) is 7.40. The third-order valence-electron chi connectivity index (χ3n) is 4.42. The van der Waals surface area contributed by atoms with Crippen LogP contribution < -0.4 is 0 Å². The fourth-order valence-electron chi connectivity index (χ4n) is 3.02. The highest BCUT2D eigenvalue weighted by Gasteiger charge is 2.49. The molecule has 21 heavy (non-hydrogen) atoms. The van der Waals surface area contributed by atoms with Crippen LogP contribution in [0.15, 0.2) is 0 Å². The summed E-state index contributed by atoms with van der Waals surface area (Å²) in [4.78, 5) is 27.8. The summed E-state index contributed by atoms with van der Waals surface area (Å²) in [6.07, 6.45) is 2.20. The maximum atomic E-state index is 12.9. The molecular weight excluding hydrogens is 292 g/mol. The van der Waals surface area contributed by atoms with Crippen LogP contribution in [0.2, 0.25) is 0 Å². The minimum Gasteiger partial charge on any atom is -0.480 e. The molecule has 0 spiro atoms. The molecule has 6 nitrogen and oxygen atoms in total. The topological polar surface area (TPSA) is 70.1 Å². The second kappa shape index (κ2) is 5.68. The van der Waals surface area contributed by atoms with E-state index in [1.807, 2.05) is 13.8 Å². The Morgan fingerprint density at radius 2 is 2.00 bits per heavy atom. The number of rotatable bonds is 2. The highest BCUT2D eigenvalue weighted by molar-refractivity contribution is 8.00. The molecule has 1 aliphatic carbocycles. The van der Waals surface area contributed by atoms with Crippen LogP contribution in [0.1, 0.15) is 26.7 Å². The van der Waals surface area contributed by atoms with E-state index in [0.29, 0.717) is 24.8 Å². The lowest BCUT2D eigenvalue weighted by atomic mass is 10.2. The molecule has 2 amide bonds. The van der Waals surface area contributed by atoms with Crippen LogP contribution >= 0.6 is 11.8 Å². The predicted octanol–water partition coefficient (Wildman–Crippen LogP) is 1.45. The summed E-state index contributed by atoms with van der Waals surface area (Å²) in [7, 11) is 0. The number of hydrogen-bond donors (Lipinski definition) is 1. The fourth-order valence-corrected chi connectivity index (χ4v) is 4.65. The van der Waals surface area contributed by atoms with E-state index in [-0.39, 0.29) is 23.6 Å². The Morgan fingerprint density at radius 1 is 1.29 bits per heavy atom. The van der Waals surface area contributed by atoms with E-state index >= 15 is 0 Å². The largest absolute Gasteiger partial charge is 0.480 e. The van der Waals surface area contributed by atoms with E-state index in [9.17, 15) is 14.7 Å². The normalized spacial score (nSPS) is 36.9. The maximum absolute atomic E-state index is 12.9. The van der Waals surface area contributed by atoms with Gasteiger partial charge in [0, 0.05) is 12.3 Å². The highest BCUT2D eigenvalue weighted by Crippen LogP contribution is 2.46. The molecule has 0 radical (unpaired) electrons. The Morgan fingerprint density at radius 3 is 2.62 bits per heavy atom. The van der Waals surface area contributed by atoms with Gasteiger partial charge in [-0.2, -0.15) is 0 Å². The van der Waals surface area contributed by atoms with Crippen molar-refractivity contribution in [2.45, 2.75) is 50.3 Å². The van der Waals surface area contributed by atoms with Crippen LogP contribution in [0.3, 0.4) is 0 Å². The first-order valence-corrected chi connectivity index (χ1v) is 8.59. The number of amides is 2. The number of carboxylic acids is 1. The summed E-state index contributed by atoms with van der Waals surface area (Å²) < 4.78 is 5.56. The molecule has 1 N–H and O–H groups in total. The third-order valence-corrected chi connectivity index (χ3v) is 5.88. The zero-order chi connectivity index (χ0) is 15.1. The van der Waals surface area contributed by atoms with E-state index in [1.165, 1.54) is 0 Å². The van der Waals surface area contributed by atoms with Gasteiger partial charge in [0.25, 0.3) is 0 Å². The number of carbonyl (C=O) groups is 2. The zero-order valence-electron chi connectivity index (χ0n) is 12.4. The first-order chi connectivity index (χ1) is 9.99. The van der Waals surface area contributed by atoms with Crippen LogP contribution in [0, 0.1) is 5.92 Å². The van der Waals surface area contributed by atoms with Crippen molar-refractivity contribution >= 4 is 23.8 Å². The molecule has 0 aromatic rings. The van der Waals surface area contributed by atoms with Gasteiger partial charge in [0.2, 0.25) is 0 Å². The van der Waals surface area contributed by atoms with E-state index in [2.05, 4.69) is 0 Å². The fraction of sp³-hybridized carbons (Fsp3) is 0.857. The molecule has 2 aliphatic heterocycles. The van der Waals surface area contributed by atoms with Gasteiger partial charge in [0.05, 0.1) is 24.1 Å². The molecule has 2 saturated heterocycles. The van der Waals surface area contributed by atoms with Crippen molar-refractivity contribution in [3.63, 3.8) is 0 Å². The molecule has 118 valence electrons. The number of urea groups is 1. The van der Waals surface area contributed by atoms with Crippen molar-refractivity contribution in [1.29, 1.82) is 0 Å². The van der Waals surface area contributed by atoms with Gasteiger partial charge in [-0.05, 0) is 32.6 Å². The SMILES string of the molecule is CC1CN(C(=O)N2C(C(=O)O)CSC2C2CC2)C(C)CO1. The summed E-state index contributed by atoms with van der Waals surface area (Å²) in [5.41, 5.74) is 0. The van der Waals surface area contributed by atoms with Crippen molar-refractivity contribution in [1.82, 2.24) is 9.80 Å². The molecule has 4 atom stereocenters. The van der Waals surface area contributed by atoms with Crippen LogP contribution in [0.4, 0.5) is 4.79 Å². The van der Waals surface area contributed by atoms with Gasteiger partial charge in [0.15, 0.2) is 0 Å². The molecular formula is C14H22N2O4S. The Labute approximate surface area is 128 Å². The molecule has 3 rings (SSSR count). The van der Waals surface area contributed by atoms with Gasteiger partial charge in [-0.3, -0.25) is 4.90 Å². The summed E-state index contributed by atoms with van der Waals surface area (Å²) >= 11 is 1.62. The number of ether oxygens (including phenoxy) is 1. The summed E-state index contributed by atoms with van der Waals surface area (Å²) in [5, 5.41) is 9.45. The van der Waals surface area contributed by atoms with Crippen LogP contribution in [0.5, 0.6) is 0 Å². The minimum absolute atomic E-state index is 0.00283. The standard InChI is InChI=1S/C14H22N2O4S/c1-8-6-20-9(2)5-15(8)14(19)16-11(13(17)18)7-21-12(16)10-3-4-10/h8-12H,3-7H2,1-2H3,(H,17,18). The number of thioether (sulfide) groups is 1. The number of nitrogens with zero attached hydrogens (tertiary/aromatic N) is 2.